The molecule has 0 unspecified atom stereocenters. The van der Waals surface area contributed by atoms with Gasteiger partial charge in [0, 0.05) is 35.2 Å². The molecule has 1 heterocycles. The van der Waals surface area contributed by atoms with Crippen LogP contribution in [-0.4, -0.2) is 67.3 Å². The maximum atomic E-state index is 14.0. The van der Waals surface area contributed by atoms with Crippen LogP contribution >= 0.6 is 11.6 Å². The molecule has 1 saturated carbocycles. The van der Waals surface area contributed by atoms with Gasteiger partial charge in [0.1, 0.15) is 0 Å². The Hall–Kier alpha value is -1.62. The summed E-state index contributed by atoms with van der Waals surface area (Å²) < 4.78 is 53.3. The Balaban J connectivity index is 2.23. The SMILES string of the molecule is CCOC(=O)/C(C)=C/C[C@H]1CCC[C@]2(CCC[C@@H]2[C@@H](C)/C=C/[C@@H](O)/C=C(\Cl)CCO[Si](C)(C)C(C)(C)C)N1C(=O)C(F)(F)F. The molecule has 6 nitrogen and oxygen atoms in total. The van der Waals surface area contributed by atoms with E-state index < -0.39 is 44.1 Å². The van der Waals surface area contributed by atoms with Crippen LogP contribution in [0.4, 0.5) is 13.2 Å². The third kappa shape index (κ3) is 9.94. The van der Waals surface area contributed by atoms with E-state index in [-0.39, 0.29) is 29.9 Å². The largest absolute Gasteiger partial charge is 0.471 e. The van der Waals surface area contributed by atoms with Crippen molar-refractivity contribution in [3.8, 4) is 0 Å². The lowest BCUT2D eigenvalue weighted by Gasteiger charge is -2.54. The van der Waals surface area contributed by atoms with Gasteiger partial charge in [0.2, 0.25) is 0 Å². The first-order valence-electron chi connectivity index (χ1n) is 15.9. The molecule has 1 N–H and O–H groups in total. The van der Waals surface area contributed by atoms with Crippen molar-refractivity contribution in [3.05, 3.63) is 34.9 Å². The summed E-state index contributed by atoms with van der Waals surface area (Å²) in [6.07, 6.45) is 4.70. The molecule has 2 aliphatic rings. The lowest BCUT2D eigenvalue weighted by Crippen LogP contribution is -2.64. The molecular formula is C33H53ClF3NO5Si. The number of ether oxygens (including phenoxy) is 1. The number of likely N-dealkylation sites (tertiary alicyclic amines) is 1. The number of aliphatic hydroxyl groups is 1. The maximum Gasteiger partial charge on any atom is 0.471 e. The highest BCUT2D eigenvalue weighted by atomic mass is 35.5. The Bertz CT molecular complexity index is 1080. The topological polar surface area (TPSA) is 76.1 Å². The Morgan fingerprint density at radius 1 is 1.14 bits per heavy atom. The summed E-state index contributed by atoms with van der Waals surface area (Å²) in [5.74, 6) is -2.74. The minimum absolute atomic E-state index is 0.0795. The van der Waals surface area contributed by atoms with Crippen LogP contribution in [0, 0.1) is 11.8 Å². The summed E-state index contributed by atoms with van der Waals surface area (Å²) in [6.45, 7) is 16.7. The highest BCUT2D eigenvalue weighted by molar-refractivity contribution is 6.74. The van der Waals surface area contributed by atoms with Crippen LogP contribution in [0.5, 0.6) is 0 Å². The number of aliphatic hydroxyl groups excluding tert-OH is 1. The van der Waals surface area contributed by atoms with E-state index >= 15 is 0 Å². The molecule has 1 aliphatic carbocycles. The number of hydrogen-bond acceptors (Lipinski definition) is 5. The van der Waals surface area contributed by atoms with Gasteiger partial charge in [0.25, 0.3) is 0 Å². The number of allylic oxidation sites excluding steroid dienone is 1. The normalized spacial score (nSPS) is 25.5. The number of esters is 1. The fourth-order valence-electron chi connectivity index (χ4n) is 6.44. The van der Waals surface area contributed by atoms with E-state index in [1.807, 2.05) is 13.0 Å². The fourth-order valence-corrected chi connectivity index (χ4v) is 7.69. The van der Waals surface area contributed by atoms with Gasteiger partial charge in [0.05, 0.1) is 12.7 Å². The molecule has 0 radical (unpaired) electrons. The lowest BCUT2D eigenvalue weighted by atomic mass is 9.70. The average Bonchev–Trinajstić information content (AvgIpc) is 3.32. The second-order valence-electron chi connectivity index (χ2n) is 13.9. The quantitative estimate of drug-likeness (QED) is 0.0981. The minimum atomic E-state index is -5.01. The van der Waals surface area contributed by atoms with Crippen molar-refractivity contribution < 1.29 is 37.0 Å². The van der Waals surface area contributed by atoms with Crippen LogP contribution in [0.25, 0.3) is 0 Å². The molecule has 0 bridgehead atoms. The van der Waals surface area contributed by atoms with E-state index in [1.54, 1.807) is 32.1 Å². The zero-order valence-electron chi connectivity index (χ0n) is 27.7. The number of halogens is 4. The summed E-state index contributed by atoms with van der Waals surface area (Å²) in [5, 5.41) is 11.2. The van der Waals surface area contributed by atoms with Crippen molar-refractivity contribution in [1.29, 1.82) is 0 Å². The van der Waals surface area contributed by atoms with Crippen molar-refractivity contribution >= 4 is 31.8 Å². The average molecular weight is 664 g/mol. The third-order valence-corrected chi connectivity index (χ3v) is 14.6. The van der Waals surface area contributed by atoms with Crippen LogP contribution in [-0.2, 0) is 18.8 Å². The number of piperidine rings is 1. The highest BCUT2D eigenvalue weighted by Gasteiger charge is 2.58. The smallest absolute Gasteiger partial charge is 0.463 e. The number of carbonyl (C=O) groups is 2. The van der Waals surface area contributed by atoms with Crippen LogP contribution < -0.4 is 0 Å². The number of nitrogens with zero attached hydrogens (tertiary/aromatic N) is 1. The Kier molecular flexibility index (Phi) is 13.8. The second-order valence-corrected chi connectivity index (χ2v) is 19.2. The van der Waals surface area contributed by atoms with Crippen molar-refractivity contribution in [1.82, 2.24) is 4.90 Å². The van der Waals surface area contributed by atoms with Gasteiger partial charge in [-0.25, -0.2) is 4.79 Å². The molecule has 0 aromatic rings. The summed E-state index contributed by atoms with van der Waals surface area (Å²) in [5.41, 5.74) is -0.637. The lowest BCUT2D eigenvalue weighted by molar-refractivity contribution is -0.201. The molecule has 1 aliphatic heterocycles. The van der Waals surface area contributed by atoms with E-state index in [0.717, 1.165) is 4.90 Å². The van der Waals surface area contributed by atoms with E-state index in [1.165, 1.54) is 0 Å². The third-order valence-electron chi connectivity index (χ3n) is 9.77. The minimum Gasteiger partial charge on any atom is -0.463 e. The first-order valence-corrected chi connectivity index (χ1v) is 19.2. The van der Waals surface area contributed by atoms with Gasteiger partial charge < -0.3 is 19.2 Å². The van der Waals surface area contributed by atoms with E-state index in [0.29, 0.717) is 62.2 Å². The molecule has 44 heavy (non-hydrogen) atoms. The van der Waals surface area contributed by atoms with Crippen molar-refractivity contribution in [2.75, 3.05) is 13.2 Å². The van der Waals surface area contributed by atoms with Crippen LogP contribution in [0.2, 0.25) is 18.1 Å². The fraction of sp³-hybridized carbons (Fsp3) is 0.758. The van der Waals surface area contributed by atoms with E-state index in [4.69, 9.17) is 20.8 Å². The van der Waals surface area contributed by atoms with Gasteiger partial charge in [-0.05, 0) is 88.4 Å². The molecule has 1 spiro atoms. The molecule has 1 amide bonds. The number of alkyl halides is 3. The Labute approximate surface area is 268 Å². The van der Waals surface area contributed by atoms with Gasteiger partial charge in [-0.1, -0.05) is 63.9 Å². The van der Waals surface area contributed by atoms with Gasteiger partial charge in [0.15, 0.2) is 8.32 Å². The molecule has 5 atom stereocenters. The van der Waals surface area contributed by atoms with Crippen molar-refractivity contribution in [3.63, 3.8) is 0 Å². The molecule has 11 heteroatoms. The predicted molar refractivity (Wildman–Crippen MR) is 172 cm³/mol. The van der Waals surface area contributed by atoms with E-state index in [9.17, 15) is 27.9 Å². The number of hydrogen-bond donors (Lipinski definition) is 1. The number of rotatable bonds is 12. The van der Waals surface area contributed by atoms with Crippen LogP contribution in [0.3, 0.4) is 0 Å². The zero-order chi connectivity index (χ0) is 33.5. The van der Waals surface area contributed by atoms with Crippen LogP contribution in [0.15, 0.2) is 34.9 Å². The van der Waals surface area contributed by atoms with Gasteiger partial charge >= 0.3 is 18.1 Å². The molecular weight excluding hydrogens is 611 g/mol. The monoisotopic (exact) mass is 663 g/mol. The predicted octanol–water partition coefficient (Wildman–Crippen LogP) is 8.46. The zero-order valence-corrected chi connectivity index (χ0v) is 29.5. The van der Waals surface area contributed by atoms with Crippen molar-refractivity contribution in [2.24, 2.45) is 11.8 Å². The summed E-state index contributed by atoms with van der Waals surface area (Å²) in [4.78, 5) is 26.3. The number of amides is 1. The van der Waals surface area contributed by atoms with E-state index in [2.05, 4.69) is 33.9 Å². The molecule has 252 valence electrons. The van der Waals surface area contributed by atoms with Gasteiger partial charge in [-0.2, -0.15) is 13.2 Å². The number of carbonyl (C=O) groups excluding carboxylic acids is 2. The van der Waals surface area contributed by atoms with Gasteiger partial charge in [-0.15, -0.1) is 0 Å². The van der Waals surface area contributed by atoms with Gasteiger partial charge in [-0.3, -0.25) is 4.79 Å². The molecule has 2 fully saturated rings. The van der Waals surface area contributed by atoms with Crippen LogP contribution in [0.1, 0.15) is 92.9 Å². The Morgan fingerprint density at radius 2 is 1.75 bits per heavy atom. The Morgan fingerprint density at radius 3 is 2.32 bits per heavy atom. The van der Waals surface area contributed by atoms with Crippen molar-refractivity contribution in [2.45, 2.75) is 135 Å². The molecule has 2 rings (SSSR count). The summed E-state index contributed by atoms with van der Waals surface area (Å²) >= 11 is 6.40. The highest BCUT2D eigenvalue weighted by Crippen LogP contribution is 2.52. The summed E-state index contributed by atoms with van der Waals surface area (Å²) in [6, 6.07) is -0.681. The standard InChI is InChI=1S/C33H53ClF3NO5Si/c1-9-42-29(40)24(3)14-16-26-12-10-19-32(38(26)30(41)33(35,36)37)20-11-13-28(32)23(2)15-17-27(39)22-25(34)18-21-43-44(7,8)31(4,5)6/h14-15,17,22-23,26-28,39H,9-13,16,18-21H2,1-8H3/b17-15+,24-14+,25-22-/t23-,26+,27+,28+,32+/m0/s1. The molecule has 0 aromatic carbocycles. The molecule has 1 saturated heterocycles. The summed E-state index contributed by atoms with van der Waals surface area (Å²) in [7, 11) is -1.91. The molecule has 0 aromatic heterocycles. The second kappa shape index (κ2) is 15.8. The first kappa shape index (κ1) is 38.6. The first-order chi connectivity index (χ1) is 20.3. The maximum absolute atomic E-state index is 14.0.